The van der Waals surface area contributed by atoms with E-state index in [-0.39, 0.29) is 51.7 Å². The van der Waals surface area contributed by atoms with E-state index in [0.29, 0.717) is 0 Å². The van der Waals surface area contributed by atoms with Crippen LogP contribution in [0.4, 0.5) is 0 Å². The predicted octanol–water partition coefficient (Wildman–Crippen LogP) is 2.02. The van der Waals surface area contributed by atoms with Gasteiger partial charge in [-0.05, 0) is 18.2 Å². The van der Waals surface area contributed by atoms with Crippen LogP contribution >= 0.6 is 0 Å². The van der Waals surface area contributed by atoms with Crippen molar-refractivity contribution in [2.45, 2.75) is 59.2 Å². The molecule has 42 heavy (non-hydrogen) atoms. The maximum Gasteiger partial charge on any atom is 0.308 e. The maximum absolute atomic E-state index is 14.2. The number of hydrogen-bond donors (Lipinski definition) is 0. The molecule has 218 valence electrons. The number of carbonyl (C=O) groups is 7. The summed E-state index contributed by atoms with van der Waals surface area (Å²) in [6.45, 7) is 5.49. The monoisotopic (exact) mass is 582 g/mol. The van der Waals surface area contributed by atoms with Crippen molar-refractivity contribution < 1.29 is 66.7 Å². The van der Waals surface area contributed by atoms with Gasteiger partial charge in [0.2, 0.25) is 24.0 Å². The summed E-state index contributed by atoms with van der Waals surface area (Å²) in [7, 11) is 0. The van der Waals surface area contributed by atoms with Gasteiger partial charge in [0, 0.05) is 40.2 Å². The summed E-state index contributed by atoms with van der Waals surface area (Å²) in [6, 6.07) is 3.46. The molecule has 1 fully saturated rings. The number of rotatable bonds is 5. The molecule has 0 spiro atoms. The maximum atomic E-state index is 14.2. The molecule has 1 aliphatic carbocycles. The average molecular weight is 582 g/mol. The van der Waals surface area contributed by atoms with E-state index in [1.165, 1.54) is 12.1 Å². The number of benzene rings is 2. The van der Waals surface area contributed by atoms with E-state index in [0.717, 1.165) is 40.7 Å². The summed E-state index contributed by atoms with van der Waals surface area (Å²) in [4.78, 5) is 87.8. The third-order valence-corrected chi connectivity index (χ3v) is 6.46. The van der Waals surface area contributed by atoms with Gasteiger partial charge in [0.15, 0.2) is 5.78 Å². The van der Waals surface area contributed by atoms with Crippen molar-refractivity contribution in [3.8, 4) is 23.0 Å². The lowest BCUT2D eigenvalue weighted by Gasteiger charge is -2.27. The summed E-state index contributed by atoms with van der Waals surface area (Å²) in [6.07, 6.45) is -3.06. The molecule has 2 aliphatic heterocycles. The van der Waals surface area contributed by atoms with Crippen LogP contribution in [0.5, 0.6) is 23.0 Å². The first-order valence-corrected chi connectivity index (χ1v) is 12.5. The highest BCUT2D eigenvalue weighted by molar-refractivity contribution is 6.31. The zero-order chi connectivity index (χ0) is 30.7. The molecular weight excluding hydrogens is 560 g/mol. The van der Waals surface area contributed by atoms with Crippen LogP contribution in [0.2, 0.25) is 0 Å². The summed E-state index contributed by atoms with van der Waals surface area (Å²) in [5.74, 6) is -6.89. The van der Waals surface area contributed by atoms with Gasteiger partial charge in [-0.1, -0.05) is 0 Å². The van der Waals surface area contributed by atoms with Gasteiger partial charge in [0.1, 0.15) is 23.0 Å². The molecule has 14 heteroatoms. The summed E-state index contributed by atoms with van der Waals surface area (Å²) in [5, 5.41) is 0. The Kier molecular flexibility index (Phi) is 6.81. The fourth-order valence-corrected chi connectivity index (χ4v) is 5.29. The summed E-state index contributed by atoms with van der Waals surface area (Å²) in [5.41, 5.74) is -3.44. The smallest absolute Gasteiger partial charge is 0.308 e. The van der Waals surface area contributed by atoms with Gasteiger partial charge in [-0.2, -0.15) is 0 Å². The molecule has 0 unspecified atom stereocenters. The highest BCUT2D eigenvalue weighted by Crippen LogP contribution is 2.58. The topological polar surface area (TPSA) is 184 Å². The first-order chi connectivity index (χ1) is 19.7. The fraction of sp³-hybridized carbons (Fsp3) is 0.321. The van der Waals surface area contributed by atoms with Crippen molar-refractivity contribution in [2.75, 3.05) is 0 Å². The van der Waals surface area contributed by atoms with Gasteiger partial charge in [-0.3, -0.25) is 38.3 Å². The molecular formula is C28H22O14. The van der Waals surface area contributed by atoms with E-state index in [9.17, 15) is 33.6 Å². The normalized spacial score (nSPS) is 21.2. The third-order valence-electron chi connectivity index (χ3n) is 6.46. The van der Waals surface area contributed by atoms with E-state index < -0.39 is 65.2 Å². The Morgan fingerprint density at radius 2 is 1.29 bits per heavy atom. The molecule has 2 aromatic carbocycles. The first kappa shape index (κ1) is 28.4. The minimum Gasteiger partial charge on any atom is -0.459 e. The van der Waals surface area contributed by atoms with Crippen molar-refractivity contribution in [1.29, 1.82) is 0 Å². The van der Waals surface area contributed by atoms with Crippen molar-refractivity contribution in [2.24, 2.45) is 0 Å². The first-order valence-electron chi connectivity index (χ1n) is 12.5. The van der Waals surface area contributed by atoms with Gasteiger partial charge >= 0.3 is 29.8 Å². The molecule has 3 atom stereocenters. The summed E-state index contributed by atoms with van der Waals surface area (Å²) >= 11 is 0. The van der Waals surface area contributed by atoms with Crippen molar-refractivity contribution in [3.63, 3.8) is 0 Å². The van der Waals surface area contributed by atoms with Crippen molar-refractivity contribution in [1.82, 2.24) is 0 Å². The number of esters is 5. The number of fused-ring (bicyclic) bond motifs is 6. The number of ether oxygens (including phenoxy) is 7. The number of ketones is 2. The Bertz CT molecular complexity index is 1640. The minimum absolute atomic E-state index is 0.124. The Morgan fingerprint density at radius 3 is 1.81 bits per heavy atom. The molecule has 0 bridgehead atoms. The standard InChI is InChI=1S/C28H22O14/c1-10(29)36-16-6-7-17(37-11(2)30)22-21(16)24(34)15-8-18(38-12(3)31)23-26(20(15)25(22)35)41-27-28(23,42-14(5)33)9-19(40-27)39-13(4)32/h6-8,19,27H,9H2,1-5H3/t19-,27-,28-/m1/s1. The molecule has 1 saturated heterocycles. The van der Waals surface area contributed by atoms with Crippen LogP contribution in [-0.2, 0) is 43.8 Å². The molecule has 0 radical (unpaired) electrons. The van der Waals surface area contributed by atoms with Crippen LogP contribution in [0, 0.1) is 0 Å². The average Bonchev–Trinajstić information content (AvgIpc) is 3.32. The van der Waals surface area contributed by atoms with E-state index in [1.807, 2.05) is 0 Å². The SMILES string of the molecule is CC(=O)Oc1ccc(OC(C)=O)c2c1C(=O)c1cc(OC(C)=O)c3c(c1C2=O)O[C@H]1O[C@@H](OC(C)=O)C[C@@]31OC(C)=O. The van der Waals surface area contributed by atoms with Gasteiger partial charge in [0.05, 0.1) is 28.7 Å². The van der Waals surface area contributed by atoms with Crippen LogP contribution < -0.4 is 18.9 Å². The Morgan fingerprint density at radius 1 is 0.738 bits per heavy atom. The second-order valence-electron chi connectivity index (χ2n) is 9.56. The van der Waals surface area contributed by atoms with Crippen LogP contribution in [0.25, 0.3) is 0 Å². The van der Waals surface area contributed by atoms with Crippen LogP contribution in [0.1, 0.15) is 78.4 Å². The molecule has 14 nitrogen and oxygen atoms in total. The zero-order valence-electron chi connectivity index (χ0n) is 22.8. The lowest BCUT2D eigenvalue weighted by molar-refractivity contribution is -0.204. The largest absolute Gasteiger partial charge is 0.459 e. The summed E-state index contributed by atoms with van der Waals surface area (Å²) < 4.78 is 38.2. The van der Waals surface area contributed by atoms with Gasteiger partial charge < -0.3 is 28.4 Å². The highest BCUT2D eigenvalue weighted by Gasteiger charge is 2.64. The highest BCUT2D eigenvalue weighted by atomic mass is 16.8. The van der Waals surface area contributed by atoms with Gasteiger partial charge in [0.25, 0.3) is 0 Å². The number of hydrogen-bond acceptors (Lipinski definition) is 14. The predicted molar refractivity (Wildman–Crippen MR) is 133 cm³/mol. The molecule has 0 N–H and O–H groups in total. The lowest BCUT2D eigenvalue weighted by atomic mass is 9.79. The quantitative estimate of drug-likeness (QED) is 0.314. The van der Waals surface area contributed by atoms with E-state index in [2.05, 4.69) is 0 Å². The third kappa shape index (κ3) is 4.55. The van der Waals surface area contributed by atoms with Crippen molar-refractivity contribution in [3.05, 3.63) is 46.0 Å². The Labute approximate surface area is 236 Å². The van der Waals surface area contributed by atoms with Gasteiger partial charge in [-0.15, -0.1) is 0 Å². The molecule has 0 amide bonds. The zero-order valence-corrected chi connectivity index (χ0v) is 22.8. The molecule has 3 aliphatic rings. The minimum atomic E-state index is -1.87. The van der Waals surface area contributed by atoms with E-state index in [4.69, 9.17) is 33.2 Å². The number of carbonyl (C=O) groups excluding carboxylic acids is 7. The molecule has 0 saturated carbocycles. The molecule has 0 aromatic heterocycles. The van der Waals surface area contributed by atoms with Crippen LogP contribution in [0.15, 0.2) is 18.2 Å². The second kappa shape index (κ2) is 10.1. The molecule has 2 aromatic rings. The van der Waals surface area contributed by atoms with Crippen molar-refractivity contribution >= 4 is 41.4 Å². The Hall–Kier alpha value is -5.11. The fourth-order valence-electron chi connectivity index (χ4n) is 5.29. The lowest BCUT2D eigenvalue weighted by Crippen LogP contribution is -2.38. The molecule has 2 heterocycles. The van der Waals surface area contributed by atoms with Gasteiger partial charge in [-0.25, -0.2) is 0 Å². The van der Waals surface area contributed by atoms with E-state index in [1.54, 1.807) is 0 Å². The van der Waals surface area contributed by atoms with Crippen LogP contribution in [0.3, 0.4) is 0 Å². The second-order valence-corrected chi connectivity index (χ2v) is 9.56. The van der Waals surface area contributed by atoms with Crippen LogP contribution in [-0.4, -0.2) is 54.0 Å². The van der Waals surface area contributed by atoms with E-state index >= 15 is 0 Å². The Balaban J connectivity index is 1.79. The molecule has 5 rings (SSSR count).